The number of aromatic nitrogens is 1. The molecule has 0 atom stereocenters. The number of hydrogen-bond acceptors (Lipinski definition) is 4. The first-order valence-electron chi connectivity index (χ1n) is 8.24. The Labute approximate surface area is 161 Å². The molecule has 7 heteroatoms. The number of thiazole rings is 1. The molecule has 0 radical (unpaired) electrons. The van der Waals surface area contributed by atoms with Crippen LogP contribution in [-0.4, -0.2) is 48.6 Å². The van der Waals surface area contributed by atoms with Gasteiger partial charge in [0.1, 0.15) is 0 Å². The van der Waals surface area contributed by atoms with Gasteiger partial charge in [0.05, 0.1) is 17.2 Å². The summed E-state index contributed by atoms with van der Waals surface area (Å²) >= 11 is 1.76. The summed E-state index contributed by atoms with van der Waals surface area (Å²) < 4.78 is 0. The highest BCUT2D eigenvalue weighted by molar-refractivity contribution is 14.0. The molecule has 1 aliphatic rings. The normalized spacial score (nSPS) is 17.0. The van der Waals surface area contributed by atoms with Gasteiger partial charge < -0.3 is 15.5 Å². The van der Waals surface area contributed by atoms with E-state index >= 15 is 0 Å². The molecular formula is C16H30IN5S. The molecule has 1 aromatic heterocycles. The molecule has 0 aromatic carbocycles. The maximum absolute atomic E-state index is 4.47. The van der Waals surface area contributed by atoms with Crippen LogP contribution in [-0.2, 0) is 6.54 Å². The molecule has 5 nitrogen and oxygen atoms in total. The van der Waals surface area contributed by atoms with Gasteiger partial charge in [0, 0.05) is 31.1 Å². The molecule has 1 fully saturated rings. The van der Waals surface area contributed by atoms with Crippen LogP contribution in [0.5, 0.6) is 0 Å². The molecule has 0 unspecified atom stereocenters. The SMILES string of the molecule is CCCN1CCC(NC(=NC)NCc2sc(C)nc2C)CC1.I. The zero-order chi connectivity index (χ0) is 15.9. The Kier molecular flexibility index (Phi) is 9.38. The van der Waals surface area contributed by atoms with Gasteiger partial charge in [-0.05, 0) is 39.7 Å². The lowest BCUT2D eigenvalue weighted by molar-refractivity contribution is 0.206. The van der Waals surface area contributed by atoms with Crippen molar-refractivity contribution in [2.75, 3.05) is 26.7 Å². The third-order valence-corrected chi connectivity index (χ3v) is 5.18. The quantitative estimate of drug-likeness (QED) is 0.411. The number of halogens is 1. The molecule has 0 saturated carbocycles. The van der Waals surface area contributed by atoms with Crippen molar-refractivity contribution >= 4 is 41.3 Å². The molecule has 0 aliphatic carbocycles. The number of aliphatic imine (C=N–C) groups is 1. The second-order valence-corrected chi connectivity index (χ2v) is 7.22. The largest absolute Gasteiger partial charge is 0.354 e. The Morgan fingerprint density at radius 3 is 2.57 bits per heavy atom. The lowest BCUT2D eigenvalue weighted by Crippen LogP contribution is -2.48. The van der Waals surface area contributed by atoms with Crippen LogP contribution >= 0.6 is 35.3 Å². The lowest BCUT2D eigenvalue weighted by Gasteiger charge is -2.32. The Bertz CT molecular complexity index is 495. The zero-order valence-corrected chi connectivity index (χ0v) is 17.8. The smallest absolute Gasteiger partial charge is 0.191 e. The molecule has 1 aromatic rings. The van der Waals surface area contributed by atoms with Crippen LogP contribution in [0.3, 0.4) is 0 Å². The van der Waals surface area contributed by atoms with E-state index in [1.165, 1.54) is 43.8 Å². The van der Waals surface area contributed by atoms with E-state index in [1.807, 2.05) is 7.05 Å². The van der Waals surface area contributed by atoms with Gasteiger partial charge in [-0.1, -0.05) is 6.92 Å². The molecule has 23 heavy (non-hydrogen) atoms. The summed E-state index contributed by atoms with van der Waals surface area (Å²) in [5.74, 6) is 0.902. The molecule has 0 amide bonds. The van der Waals surface area contributed by atoms with Crippen LogP contribution < -0.4 is 10.6 Å². The monoisotopic (exact) mass is 451 g/mol. The van der Waals surface area contributed by atoms with E-state index in [0.717, 1.165) is 23.2 Å². The Balaban J connectivity index is 0.00000264. The Morgan fingerprint density at radius 2 is 2.04 bits per heavy atom. The minimum atomic E-state index is 0. The summed E-state index contributed by atoms with van der Waals surface area (Å²) in [6.45, 7) is 10.8. The standard InChI is InChI=1S/C16H29N5S.HI/c1-5-8-21-9-6-14(7-10-21)20-16(17-4)18-11-15-12(2)19-13(3)22-15;/h14H,5-11H2,1-4H3,(H2,17,18,20);1H. The lowest BCUT2D eigenvalue weighted by atomic mass is 10.1. The molecular weight excluding hydrogens is 421 g/mol. The van der Waals surface area contributed by atoms with E-state index in [-0.39, 0.29) is 24.0 Å². The maximum atomic E-state index is 4.47. The van der Waals surface area contributed by atoms with Gasteiger partial charge in [0.15, 0.2) is 5.96 Å². The van der Waals surface area contributed by atoms with Crippen LogP contribution in [0.1, 0.15) is 41.8 Å². The van der Waals surface area contributed by atoms with E-state index in [2.05, 4.69) is 46.3 Å². The average molecular weight is 451 g/mol. The van der Waals surface area contributed by atoms with Crippen molar-refractivity contribution in [1.82, 2.24) is 20.5 Å². The highest BCUT2D eigenvalue weighted by Gasteiger charge is 2.19. The van der Waals surface area contributed by atoms with Crippen LogP contribution in [0.25, 0.3) is 0 Å². The first-order valence-corrected chi connectivity index (χ1v) is 9.06. The van der Waals surface area contributed by atoms with Gasteiger partial charge in [-0.15, -0.1) is 35.3 Å². The van der Waals surface area contributed by atoms with Gasteiger partial charge in [-0.2, -0.15) is 0 Å². The Morgan fingerprint density at radius 1 is 1.35 bits per heavy atom. The molecule has 0 spiro atoms. The predicted octanol–water partition coefficient (Wildman–Crippen LogP) is 2.92. The summed E-state index contributed by atoms with van der Waals surface area (Å²) in [6, 6.07) is 0.531. The van der Waals surface area contributed by atoms with Crippen molar-refractivity contribution in [3.63, 3.8) is 0 Å². The van der Waals surface area contributed by atoms with Crippen molar-refractivity contribution in [2.24, 2.45) is 4.99 Å². The van der Waals surface area contributed by atoms with Crippen LogP contribution in [0.4, 0.5) is 0 Å². The number of aryl methyl sites for hydroxylation is 2. The number of likely N-dealkylation sites (tertiary alicyclic amines) is 1. The summed E-state index contributed by atoms with van der Waals surface area (Å²) in [7, 11) is 1.84. The van der Waals surface area contributed by atoms with E-state index in [1.54, 1.807) is 11.3 Å². The molecule has 2 rings (SSSR count). The average Bonchev–Trinajstić information content (AvgIpc) is 2.83. The molecule has 1 saturated heterocycles. The fourth-order valence-corrected chi connectivity index (χ4v) is 3.78. The molecule has 2 heterocycles. The van der Waals surface area contributed by atoms with Gasteiger partial charge in [0.2, 0.25) is 0 Å². The van der Waals surface area contributed by atoms with Gasteiger partial charge in [-0.3, -0.25) is 4.99 Å². The van der Waals surface area contributed by atoms with Crippen LogP contribution in [0, 0.1) is 13.8 Å². The van der Waals surface area contributed by atoms with E-state index in [4.69, 9.17) is 0 Å². The first kappa shape index (κ1) is 20.6. The topological polar surface area (TPSA) is 52.5 Å². The summed E-state index contributed by atoms with van der Waals surface area (Å²) in [4.78, 5) is 12.7. The first-order chi connectivity index (χ1) is 10.6. The number of nitrogens with one attached hydrogen (secondary N) is 2. The van der Waals surface area contributed by atoms with E-state index < -0.39 is 0 Å². The van der Waals surface area contributed by atoms with Gasteiger partial charge >= 0.3 is 0 Å². The van der Waals surface area contributed by atoms with Crippen molar-refractivity contribution in [3.05, 3.63) is 15.6 Å². The minimum absolute atomic E-state index is 0. The third kappa shape index (κ3) is 6.54. The van der Waals surface area contributed by atoms with E-state index in [9.17, 15) is 0 Å². The molecule has 0 bridgehead atoms. The van der Waals surface area contributed by atoms with Crippen LogP contribution in [0.2, 0.25) is 0 Å². The second-order valence-electron chi connectivity index (χ2n) is 5.93. The van der Waals surface area contributed by atoms with Crippen molar-refractivity contribution in [1.29, 1.82) is 0 Å². The number of hydrogen-bond donors (Lipinski definition) is 2. The summed E-state index contributed by atoms with van der Waals surface area (Å²) in [6.07, 6.45) is 3.63. The minimum Gasteiger partial charge on any atom is -0.354 e. The van der Waals surface area contributed by atoms with Crippen molar-refractivity contribution in [3.8, 4) is 0 Å². The van der Waals surface area contributed by atoms with Crippen LogP contribution in [0.15, 0.2) is 4.99 Å². The number of guanidine groups is 1. The number of nitrogens with zero attached hydrogens (tertiary/aromatic N) is 3. The second kappa shape index (κ2) is 10.5. The molecule has 1 aliphatic heterocycles. The zero-order valence-electron chi connectivity index (χ0n) is 14.7. The number of rotatable bonds is 5. The summed E-state index contributed by atoms with van der Waals surface area (Å²) in [5.41, 5.74) is 1.12. The predicted molar refractivity (Wildman–Crippen MR) is 110 cm³/mol. The summed E-state index contributed by atoms with van der Waals surface area (Å²) in [5, 5.41) is 8.11. The van der Waals surface area contributed by atoms with Gasteiger partial charge in [-0.25, -0.2) is 4.98 Å². The Hall–Kier alpha value is -0.410. The highest BCUT2D eigenvalue weighted by Crippen LogP contribution is 2.16. The fraction of sp³-hybridized carbons (Fsp3) is 0.750. The highest BCUT2D eigenvalue weighted by atomic mass is 127. The molecule has 132 valence electrons. The van der Waals surface area contributed by atoms with Gasteiger partial charge in [0.25, 0.3) is 0 Å². The molecule has 2 N–H and O–H groups in total. The fourth-order valence-electron chi connectivity index (χ4n) is 2.91. The number of piperidine rings is 1. The van der Waals surface area contributed by atoms with Crippen molar-refractivity contribution in [2.45, 2.75) is 52.6 Å². The van der Waals surface area contributed by atoms with Crippen molar-refractivity contribution < 1.29 is 0 Å². The van der Waals surface area contributed by atoms with E-state index in [0.29, 0.717) is 6.04 Å². The third-order valence-electron chi connectivity index (χ3n) is 4.11. The maximum Gasteiger partial charge on any atom is 0.191 e.